The molecule has 0 aliphatic heterocycles. The molecule has 0 aromatic rings. The van der Waals surface area contributed by atoms with Crippen molar-refractivity contribution in [2.75, 3.05) is 0 Å². The second-order valence-corrected chi connectivity index (χ2v) is 10.7. The molecular formula is C30H52N2O4. The summed E-state index contributed by atoms with van der Waals surface area (Å²) in [4.78, 5) is 25.8. The first-order valence-corrected chi connectivity index (χ1v) is 14.2. The van der Waals surface area contributed by atoms with Crippen molar-refractivity contribution in [2.24, 2.45) is 10.8 Å². The number of hydrogen-bond donors (Lipinski definition) is 0. The van der Waals surface area contributed by atoms with Crippen molar-refractivity contribution in [3.05, 3.63) is 0 Å². The predicted molar refractivity (Wildman–Crippen MR) is 144 cm³/mol. The van der Waals surface area contributed by atoms with Crippen LogP contribution in [0.15, 0.2) is 0 Å². The van der Waals surface area contributed by atoms with Gasteiger partial charge in [0.05, 0.1) is 35.8 Å². The molecule has 0 N–H and O–H groups in total. The third-order valence-electron chi connectivity index (χ3n) is 8.50. The Balaban J connectivity index is 5.47. The summed E-state index contributed by atoms with van der Waals surface area (Å²) >= 11 is 0. The Morgan fingerprint density at radius 1 is 0.611 bits per heavy atom. The first kappa shape index (κ1) is 33.9. The molecule has 36 heavy (non-hydrogen) atoms. The van der Waals surface area contributed by atoms with Crippen LogP contribution in [0.1, 0.15) is 145 Å². The molecule has 206 valence electrons. The van der Waals surface area contributed by atoms with Crippen molar-refractivity contribution in [2.45, 2.75) is 156 Å². The maximum atomic E-state index is 12.9. The normalized spacial score (nSPS) is 15.2. The van der Waals surface area contributed by atoms with Crippen molar-refractivity contribution < 1.29 is 19.1 Å². The van der Waals surface area contributed by atoms with Gasteiger partial charge in [0.1, 0.15) is 11.2 Å². The standard InChI is InChI=1S/C30H52N2O4/c1-9-15-17-21-27(7,23-31)29(11-3,12-4)35-25(33)19-20-26(34)36-30(13-5,14-6)28(8,24-32)22-18-16-10-2/h9-22H2,1-8H3. The van der Waals surface area contributed by atoms with Crippen molar-refractivity contribution in [3.8, 4) is 12.1 Å². The third-order valence-corrected chi connectivity index (χ3v) is 8.50. The minimum Gasteiger partial charge on any atom is -0.457 e. The predicted octanol–water partition coefficient (Wildman–Crippen LogP) is 8.19. The highest BCUT2D eigenvalue weighted by Gasteiger charge is 2.50. The minimum atomic E-state index is -0.897. The zero-order valence-corrected chi connectivity index (χ0v) is 24.4. The molecule has 2 atom stereocenters. The van der Waals surface area contributed by atoms with E-state index < -0.39 is 34.0 Å². The molecule has 0 aliphatic carbocycles. The molecule has 0 saturated carbocycles. The molecule has 0 fully saturated rings. The number of ether oxygens (including phenoxy) is 2. The molecule has 0 heterocycles. The highest BCUT2D eigenvalue weighted by Crippen LogP contribution is 2.45. The van der Waals surface area contributed by atoms with Gasteiger partial charge < -0.3 is 9.47 Å². The van der Waals surface area contributed by atoms with E-state index in [1.807, 2.05) is 41.5 Å². The highest BCUT2D eigenvalue weighted by atomic mass is 16.6. The van der Waals surface area contributed by atoms with Gasteiger partial charge in [0.25, 0.3) is 0 Å². The zero-order chi connectivity index (χ0) is 27.9. The number of hydrogen-bond acceptors (Lipinski definition) is 6. The zero-order valence-electron chi connectivity index (χ0n) is 24.4. The van der Waals surface area contributed by atoms with Crippen LogP contribution in [0.3, 0.4) is 0 Å². The number of rotatable bonds is 19. The number of carbonyl (C=O) groups is 2. The van der Waals surface area contributed by atoms with Crippen molar-refractivity contribution in [1.29, 1.82) is 10.5 Å². The monoisotopic (exact) mass is 504 g/mol. The quantitative estimate of drug-likeness (QED) is 0.130. The Hall–Kier alpha value is -2.08. The van der Waals surface area contributed by atoms with E-state index in [9.17, 15) is 20.1 Å². The van der Waals surface area contributed by atoms with Crippen LogP contribution in [-0.2, 0) is 19.1 Å². The third kappa shape index (κ3) is 8.22. The van der Waals surface area contributed by atoms with Crippen molar-refractivity contribution in [3.63, 3.8) is 0 Å². The van der Waals surface area contributed by atoms with Gasteiger partial charge >= 0.3 is 11.9 Å². The molecule has 0 aromatic heterocycles. The van der Waals surface area contributed by atoms with Crippen LogP contribution < -0.4 is 0 Å². The Morgan fingerprint density at radius 2 is 0.917 bits per heavy atom. The van der Waals surface area contributed by atoms with Gasteiger partial charge in [0.2, 0.25) is 0 Å². The Kier molecular flexibility index (Phi) is 15.0. The molecule has 0 aromatic carbocycles. The highest BCUT2D eigenvalue weighted by molar-refractivity contribution is 5.78. The topological polar surface area (TPSA) is 100 Å². The summed E-state index contributed by atoms with van der Waals surface area (Å²) in [5.74, 6) is -0.977. The first-order chi connectivity index (χ1) is 17.0. The molecule has 0 rings (SSSR count). The van der Waals surface area contributed by atoms with E-state index in [0.29, 0.717) is 38.5 Å². The number of nitrogens with zero attached hydrogens (tertiary/aromatic N) is 2. The Labute approximate surface area is 221 Å². The lowest BCUT2D eigenvalue weighted by atomic mass is 9.68. The lowest BCUT2D eigenvalue weighted by Crippen LogP contribution is -2.49. The van der Waals surface area contributed by atoms with Gasteiger partial charge in [-0.05, 0) is 52.4 Å². The SMILES string of the molecule is CCCCCC(C)(C#N)C(CC)(CC)OC(=O)CCC(=O)OC(CC)(CC)C(C)(C#N)CCCCC. The molecule has 0 radical (unpaired) electrons. The summed E-state index contributed by atoms with van der Waals surface area (Å²) in [5, 5.41) is 20.1. The molecule has 0 spiro atoms. The van der Waals surface area contributed by atoms with E-state index in [0.717, 1.165) is 38.5 Å². The van der Waals surface area contributed by atoms with E-state index in [-0.39, 0.29) is 12.8 Å². The van der Waals surface area contributed by atoms with Crippen LogP contribution in [0.5, 0.6) is 0 Å². The first-order valence-electron chi connectivity index (χ1n) is 14.2. The van der Waals surface area contributed by atoms with Gasteiger partial charge in [-0.15, -0.1) is 0 Å². The summed E-state index contributed by atoms with van der Waals surface area (Å²) in [7, 11) is 0. The maximum Gasteiger partial charge on any atom is 0.306 e. The van der Waals surface area contributed by atoms with E-state index in [1.165, 1.54) is 0 Å². The number of nitriles is 2. The average Bonchev–Trinajstić information content (AvgIpc) is 2.89. The average molecular weight is 505 g/mol. The fourth-order valence-corrected chi connectivity index (χ4v) is 5.54. The summed E-state index contributed by atoms with van der Waals surface area (Å²) in [5.41, 5.74) is -3.39. The van der Waals surface area contributed by atoms with Crippen LogP contribution in [0.2, 0.25) is 0 Å². The molecule has 2 unspecified atom stereocenters. The van der Waals surface area contributed by atoms with Gasteiger partial charge in [-0.3, -0.25) is 9.59 Å². The van der Waals surface area contributed by atoms with Gasteiger partial charge in [-0.1, -0.05) is 80.1 Å². The molecule has 6 nitrogen and oxygen atoms in total. The largest absolute Gasteiger partial charge is 0.457 e. The summed E-state index contributed by atoms with van der Waals surface area (Å²) in [6.07, 6.45) is 9.18. The van der Waals surface area contributed by atoms with Gasteiger partial charge in [0.15, 0.2) is 0 Å². The van der Waals surface area contributed by atoms with Crippen molar-refractivity contribution >= 4 is 11.9 Å². The lowest BCUT2D eigenvalue weighted by molar-refractivity contribution is -0.180. The van der Waals surface area contributed by atoms with Crippen LogP contribution in [-0.4, -0.2) is 23.1 Å². The van der Waals surface area contributed by atoms with Crippen LogP contribution in [0.25, 0.3) is 0 Å². The van der Waals surface area contributed by atoms with E-state index in [2.05, 4.69) is 26.0 Å². The molecule has 6 heteroatoms. The van der Waals surface area contributed by atoms with Gasteiger partial charge in [-0.2, -0.15) is 10.5 Å². The Bertz CT molecular complexity index is 694. The number of esters is 2. The van der Waals surface area contributed by atoms with E-state index in [1.54, 1.807) is 0 Å². The minimum absolute atomic E-state index is 0.111. The molecular weight excluding hydrogens is 452 g/mol. The fraction of sp³-hybridized carbons (Fsp3) is 0.867. The van der Waals surface area contributed by atoms with Gasteiger partial charge in [0, 0.05) is 0 Å². The van der Waals surface area contributed by atoms with E-state index in [4.69, 9.17) is 9.47 Å². The smallest absolute Gasteiger partial charge is 0.306 e. The molecule has 0 saturated heterocycles. The number of unbranched alkanes of at least 4 members (excludes halogenated alkanes) is 4. The van der Waals surface area contributed by atoms with Crippen LogP contribution in [0.4, 0.5) is 0 Å². The lowest BCUT2D eigenvalue weighted by Gasteiger charge is -2.43. The summed E-state index contributed by atoms with van der Waals surface area (Å²) in [6.45, 7) is 15.8. The van der Waals surface area contributed by atoms with Crippen molar-refractivity contribution in [1.82, 2.24) is 0 Å². The molecule has 0 bridgehead atoms. The Morgan fingerprint density at radius 3 is 1.14 bits per heavy atom. The molecule has 0 amide bonds. The summed E-state index contributed by atoms with van der Waals surface area (Å²) in [6, 6.07) is 4.88. The second kappa shape index (κ2) is 15.9. The summed E-state index contributed by atoms with van der Waals surface area (Å²) < 4.78 is 12.0. The fourth-order valence-electron chi connectivity index (χ4n) is 5.54. The van der Waals surface area contributed by atoms with Crippen LogP contribution >= 0.6 is 0 Å². The molecule has 0 aliphatic rings. The van der Waals surface area contributed by atoms with E-state index >= 15 is 0 Å². The number of carbonyl (C=O) groups excluding carboxylic acids is 2. The second-order valence-electron chi connectivity index (χ2n) is 10.7. The van der Waals surface area contributed by atoms with Crippen LogP contribution in [0, 0.1) is 33.5 Å². The maximum absolute atomic E-state index is 12.9. The van der Waals surface area contributed by atoms with Gasteiger partial charge in [-0.25, -0.2) is 0 Å².